The lowest BCUT2D eigenvalue weighted by Gasteiger charge is -2.43. The molecular weight excluding hydrogens is 374 g/mol. The van der Waals surface area contributed by atoms with E-state index in [0.717, 1.165) is 12.8 Å². The number of rotatable bonds is 6. The number of epoxide rings is 2. The lowest BCUT2D eigenvalue weighted by Crippen LogP contribution is -2.59. The summed E-state index contributed by atoms with van der Waals surface area (Å²) in [7, 11) is 1.62. The Morgan fingerprint density at radius 1 is 1.37 bits per heavy atom. The first-order valence-corrected chi connectivity index (χ1v) is 9.84. The Hall–Kier alpha value is -1.15. The van der Waals surface area contributed by atoms with Crippen LogP contribution in [0.15, 0.2) is 11.6 Å². The van der Waals surface area contributed by atoms with Crippen LogP contribution in [0, 0.1) is 5.92 Å². The monoisotopic (exact) mass is 401 g/mol. The number of carbonyl (C=O) groups excluding carboxylic acids is 2. The van der Waals surface area contributed by atoms with Crippen LogP contribution in [-0.4, -0.2) is 61.1 Å². The van der Waals surface area contributed by atoms with E-state index in [4.69, 9.17) is 25.8 Å². The van der Waals surface area contributed by atoms with E-state index in [-0.39, 0.29) is 41.2 Å². The zero-order chi connectivity index (χ0) is 19.8. The number of ether oxygens (including phenoxy) is 4. The summed E-state index contributed by atoms with van der Waals surface area (Å²) >= 11 is 5.38. The van der Waals surface area contributed by atoms with E-state index in [2.05, 4.69) is 36.9 Å². The highest BCUT2D eigenvalue weighted by Gasteiger charge is 2.71. The fourth-order valence-corrected chi connectivity index (χ4v) is 4.51. The van der Waals surface area contributed by atoms with E-state index >= 15 is 0 Å². The standard InChI is InChI=1S/C19H28ClNO6/c1-11(2)5-6-13-18(3,27-13)16-15(24-4)12(7-8-19(16)10-25-19)21-17(23)26-14(22)9-20/h5,12-13,15-16H,6-10H2,1-4H3,(H,21,23). The third kappa shape index (κ3) is 4.16. The van der Waals surface area contributed by atoms with Crippen LogP contribution in [-0.2, 0) is 23.7 Å². The molecule has 2 heterocycles. The van der Waals surface area contributed by atoms with Gasteiger partial charge in [0.1, 0.15) is 11.5 Å². The number of nitrogens with one attached hydrogen (secondary N) is 1. The molecule has 2 aliphatic heterocycles. The maximum atomic E-state index is 12.0. The smallest absolute Gasteiger partial charge is 0.379 e. The molecule has 27 heavy (non-hydrogen) atoms. The summed E-state index contributed by atoms with van der Waals surface area (Å²) in [5.74, 6) is -1.17. The maximum Gasteiger partial charge on any atom is 0.415 e. The molecule has 8 heteroatoms. The van der Waals surface area contributed by atoms with Crippen LogP contribution in [0.25, 0.3) is 0 Å². The van der Waals surface area contributed by atoms with Gasteiger partial charge in [-0.2, -0.15) is 0 Å². The van der Waals surface area contributed by atoms with Crippen molar-refractivity contribution in [1.29, 1.82) is 0 Å². The highest BCUT2D eigenvalue weighted by molar-refractivity contribution is 6.27. The summed E-state index contributed by atoms with van der Waals surface area (Å²) in [6.45, 7) is 6.90. The van der Waals surface area contributed by atoms with E-state index < -0.39 is 12.1 Å². The van der Waals surface area contributed by atoms with Gasteiger partial charge < -0.3 is 24.3 Å². The predicted molar refractivity (Wildman–Crippen MR) is 98.7 cm³/mol. The van der Waals surface area contributed by atoms with Gasteiger partial charge in [-0.15, -0.1) is 11.6 Å². The third-order valence-electron chi connectivity index (χ3n) is 5.91. The van der Waals surface area contributed by atoms with Gasteiger partial charge in [0.25, 0.3) is 0 Å². The van der Waals surface area contributed by atoms with Gasteiger partial charge in [-0.05, 0) is 40.0 Å². The molecular formula is C19H28ClNO6. The van der Waals surface area contributed by atoms with Crippen LogP contribution in [0.3, 0.4) is 0 Å². The largest absolute Gasteiger partial charge is 0.415 e. The molecule has 6 atom stereocenters. The van der Waals surface area contributed by atoms with Crippen LogP contribution >= 0.6 is 11.6 Å². The van der Waals surface area contributed by atoms with Gasteiger partial charge in [-0.1, -0.05) is 11.6 Å². The van der Waals surface area contributed by atoms with E-state index in [1.54, 1.807) is 7.11 Å². The lowest BCUT2D eigenvalue weighted by molar-refractivity contribution is -0.134. The summed E-state index contributed by atoms with van der Waals surface area (Å²) in [6.07, 6.45) is 3.47. The van der Waals surface area contributed by atoms with Crippen molar-refractivity contribution in [3.05, 3.63) is 11.6 Å². The number of amides is 1. The molecule has 1 saturated carbocycles. The second-order valence-corrected chi connectivity index (χ2v) is 8.29. The minimum Gasteiger partial charge on any atom is -0.379 e. The van der Waals surface area contributed by atoms with Crippen LogP contribution < -0.4 is 5.32 Å². The summed E-state index contributed by atoms with van der Waals surface area (Å²) in [5.41, 5.74) is 0.617. The molecule has 0 bridgehead atoms. The fraction of sp³-hybridized carbons (Fsp3) is 0.789. The van der Waals surface area contributed by atoms with Crippen molar-refractivity contribution in [3.63, 3.8) is 0 Å². The quantitative estimate of drug-likeness (QED) is 0.242. The molecule has 1 aliphatic carbocycles. The molecule has 6 unspecified atom stereocenters. The number of methoxy groups -OCH3 is 1. The number of carbonyl (C=O) groups is 2. The number of halogens is 1. The van der Waals surface area contributed by atoms with Crippen molar-refractivity contribution in [1.82, 2.24) is 5.32 Å². The Morgan fingerprint density at radius 3 is 2.63 bits per heavy atom. The molecule has 3 aliphatic rings. The summed E-state index contributed by atoms with van der Waals surface area (Å²) in [4.78, 5) is 23.2. The van der Waals surface area contributed by atoms with Crippen molar-refractivity contribution in [2.24, 2.45) is 5.92 Å². The maximum absolute atomic E-state index is 12.0. The van der Waals surface area contributed by atoms with E-state index in [1.807, 2.05) is 0 Å². The molecule has 1 amide bonds. The van der Waals surface area contributed by atoms with E-state index in [9.17, 15) is 9.59 Å². The van der Waals surface area contributed by atoms with E-state index in [0.29, 0.717) is 13.0 Å². The Morgan fingerprint density at radius 2 is 2.07 bits per heavy atom. The Kier molecular flexibility index (Phi) is 5.87. The van der Waals surface area contributed by atoms with Crippen molar-refractivity contribution in [2.45, 2.75) is 69.5 Å². The second-order valence-electron chi connectivity index (χ2n) is 8.02. The summed E-state index contributed by atoms with van der Waals surface area (Å²) in [5, 5.41) is 2.76. The molecule has 0 radical (unpaired) electrons. The SMILES string of the molecule is COC1C(NC(=O)OC(=O)CCl)CCC2(CO2)C1C1(C)OC1CC=C(C)C. The highest BCUT2D eigenvalue weighted by atomic mass is 35.5. The minimum atomic E-state index is -0.804. The van der Waals surface area contributed by atoms with Crippen LogP contribution in [0.1, 0.15) is 40.0 Å². The van der Waals surface area contributed by atoms with Gasteiger partial charge in [-0.25, -0.2) is 4.79 Å². The number of hydrogen-bond donors (Lipinski definition) is 1. The van der Waals surface area contributed by atoms with Crippen LogP contribution in [0.4, 0.5) is 4.79 Å². The molecule has 3 fully saturated rings. The Bertz CT molecular complexity index is 630. The number of alkyl carbamates (subject to hydrolysis) is 1. The number of hydrogen-bond acceptors (Lipinski definition) is 6. The first-order valence-electron chi connectivity index (χ1n) is 9.31. The normalized spacial score (nSPS) is 39.6. The molecule has 1 spiro atoms. The molecule has 1 N–H and O–H groups in total. The third-order valence-corrected chi connectivity index (χ3v) is 6.13. The van der Waals surface area contributed by atoms with Gasteiger partial charge in [0.15, 0.2) is 0 Å². The summed E-state index contributed by atoms with van der Waals surface area (Å²) < 4.78 is 22.4. The number of allylic oxidation sites excluding steroid dienone is 1. The van der Waals surface area contributed by atoms with Gasteiger partial charge in [0, 0.05) is 13.0 Å². The zero-order valence-corrected chi connectivity index (χ0v) is 17.0. The molecule has 0 aromatic heterocycles. The lowest BCUT2D eigenvalue weighted by atomic mass is 9.67. The number of alkyl halides is 1. The second kappa shape index (κ2) is 7.70. The molecule has 0 aromatic carbocycles. The fourth-order valence-electron chi connectivity index (χ4n) is 4.45. The topological polar surface area (TPSA) is 89.7 Å². The van der Waals surface area contributed by atoms with Crippen molar-refractivity contribution in [3.8, 4) is 0 Å². The Balaban J connectivity index is 1.73. The first-order chi connectivity index (χ1) is 12.8. The van der Waals surface area contributed by atoms with Gasteiger partial charge >= 0.3 is 12.1 Å². The molecule has 0 aromatic rings. The van der Waals surface area contributed by atoms with E-state index in [1.165, 1.54) is 5.57 Å². The van der Waals surface area contributed by atoms with Crippen molar-refractivity contribution in [2.75, 3.05) is 19.6 Å². The summed E-state index contributed by atoms with van der Waals surface area (Å²) in [6, 6.07) is -0.296. The predicted octanol–water partition coefficient (Wildman–Crippen LogP) is 2.55. The van der Waals surface area contributed by atoms with Crippen molar-refractivity contribution < 1.29 is 28.5 Å². The molecule has 7 nitrogen and oxygen atoms in total. The highest BCUT2D eigenvalue weighted by Crippen LogP contribution is 2.59. The average Bonchev–Trinajstić information content (AvgIpc) is 3.52. The van der Waals surface area contributed by atoms with Crippen LogP contribution in [0.5, 0.6) is 0 Å². The van der Waals surface area contributed by atoms with Crippen LogP contribution in [0.2, 0.25) is 0 Å². The van der Waals surface area contributed by atoms with Gasteiger partial charge in [0.2, 0.25) is 0 Å². The zero-order valence-electron chi connectivity index (χ0n) is 16.2. The van der Waals surface area contributed by atoms with Gasteiger partial charge in [0.05, 0.1) is 30.5 Å². The average molecular weight is 402 g/mol. The molecule has 152 valence electrons. The van der Waals surface area contributed by atoms with Gasteiger partial charge in [-0.3, -0.25) is 4.79 Å². The first kappa shape index (κ1) is 20.6. The van der Waals surface area contributed by atoms with Crippen molar-refractivity contribution >= 4 is 23.7 Å². The molecule has 3 rings (SSSR count). The minimum absolute atomic E-state index is 0.0201. The molecule has 2 saturated heterocycles. The number of esters is 1. The Labute approximate surface area is 164 Å².